The van der Waals surface area contributed by atoms with Crippen LogP contribution in [0.5, 0.6) is 0 Å². The fourth-order valence-electron chi connectivity index (χ4n) is 2.20. The van der Waals surface area contributed by atoms with Gasteiger partial charge in [0.15, 0.2) is 0 Å². The fourth-order valence-corrected chi connectivity index (χ4v) is 2.20. The van der Waals surface area contributed by atoms with Crippen molar-refractivity contribution >= 4 is 17.5 Å². The average molecular weight is 251 g/mol. The Labute approximate surface area is 105 Å². The fraction of sp³-hybridized carbons (Fsp3) is 0.636. The molecule has 1 aliphatic heterocycles. The second-order valence-electron chi connectivity index (χ2n) is 4.36. The quantitative estimate of drug-likeness (QED) is 0.650. The number of hydrogen-bond donors (Lipinski definition) is 1. The molecule has 1 saturated heterocycles. The van der Waals surface area contributed by atoms with Crippen LogP contribution in [0.2, 0.25) is 0 Å². The number of nitro groups is 1. The first kappa shape index (κ1) is 12.5. The highest BCUT2D eigenvalue weighted by atomic mass is 16.6. The van der Waals surface area contributed by atoms with Crippen LogP contribution in [0.3, 0.4) is 0 Å². The van der Waals surface area contributed by atoms with Gasteiger partial charge in [0, 0.05) is 20.1 Å². The van der Waals surface area contributed by atoms with Gasteiger partial charge in [0.2, 0.25) is 11.8 Å². The molecular formula is C11H17N5O2. The average Bonchev–Trinajstić information content (AvgIpc) is 2.38. The molecule has 0 atom stereocenters. The molecule has 0 saturated carbocycles. The molecule has 0 aromatic carbocycles. The zero-order chi connectivity index (χ0) is 13.1. The Morgan fingerprint density at radius 3 is 2.50 bits per heavy atom. The molecule has 0 aliphatic carbocycles. The number of anilines is 2. The Bertz CT molecular complexity index is 457. The van der Waals surface area contributed by atoms with E-state index in [1.807, 2.05) is 4.90 Å². The largest absolute Gasteiger partial charge is 0.357 e. The first-order valence-electron chi connectivity index (χ1n) is 6.09. The van der Waals surface area contributed by atoms with Gasteiger partial charge in [0.1, 0.15) is 5.69 Å². The smallest absolute Gasteiger partial charge is 0.332 e. The molecule has 0 spiro atoms. The standard InChI is InChI=1S/C11H17N5O2/c1-8-9(16(17)18)10(14-11(12-2)13-8)15-6-4-3-5-7-15/h3-7H2,1-2H3,(H,12,13,14). The van der Waals surface area contributed by atoms with Gasteiger partial charge in [-0.1, -0.05) is 0 Å². The second kappa shape index (κ2) is 5.16. The third kappa shape index (κ3) is 2.34. The summed E-state index contributed by atoms with van der Waals surface area (Å²) in [5, 5.41) is 14.0. The van der Waals surface area contributed by atoms with E-state index < -0.39 is 4.92 Å². The van der Waals surface area contributed by atoms with Crippen molar-refractivity contribution in [3.8, 4) is 0 Å². The van der Waals surface area contributed by atoms with E-state index in [0.717, 1.165) is 25.9 Å². The summed E-state index contributed by atoms with van der Waals surface area (Å²) in [7, 11) is 1.71. The highest BCUT2D eigenvalue weighted by molar-refractivity contribution is 5.62. The van der Waals surface area contributed by atoms with Crippen LogP contribution < -0.4 is 10.2 Å². The van der Waals surface area contributed by atoms with Crippen LogP contribution in [0.4, 0.5) is 17.5 Å². The van der Waals surface area contributed by atoms with Gasteiger partial charge in [-0.3, -0.25) is 10.1 Å². The molecule has 1 fully saturated rings. The Hall–Kier alpha value is -1.92. The van der Waals surface area contributed by atoms with Crippen LogP contribution in [-0.4, -0.2) is 35.0 Å². The molecule has 2 heterocycles. The van der Waals surface area contributed by atoms with Crippen molar-refractivity contribution in [1.82, 2.24) is 9.97 Å². The number of aryl methyl sites for hydroxylation is 1. The van der Waals surface area contributed by atoms with Gasteiger partial charge in [-0.25, -0.2) is 4.98 Å². The van der Waals surface area contributed by atoms with Crippen molar-refractivity contribution in [1.29, 1.82) is 0 Å². The Balaban J connectivity index is 2.47. The summed E-state index contributed by atoms with van der Waals surface area (Å²) in [4.78, 5) is 21.1. The molecule has 0 radical (unpaired) electrons. The molecule has 1 aliphatic rings. The molecule has 98 valence electrons. The molecule has 18 heavy (non-hydrogen) atoms. The molecule has 2 rings (SSSR count). The van der Waals surface area contributed by atoms with Gasteiger partial charge < -0.3 is 10.2 Å². The van der Waals surface area contributed by atoms with Gasteiger partial charge in [-0.05, 0) is 26.2 Å². The maximum Gasteiger partial charge on any atom is 0.332 e. The number of nitrogens with one attached hydrogen (secondary N) is 1. The third-order valence-electron chi connectivity index (χ3n) is 3.10. The zero-order valence-electron chi connectivity index (χ0n) is 10.6. The Kier molecular flexibility index (Phi) is 3.59. The molecule has 0 unspecified atom stereocenters. The van der Waals surface area contributed by atoms with E-state index >= 15 is 0 Å². The van der Waals surface area contributed by atoms with Crippen molar-refractivity contribution in [3.63, 3.8) is 0 Å². The van der Waals surface area contributed by atoms with Gasteiger partial charge >= 0.3 is 5.69 Å². The topological polar surface area (TPSA) is 84.2 Å². The monoisotopic (exact) mass is 251 g/mol. The van der Waals surface area contributed by atoms with E-state index in [-0.39, 0.29) is 5.69 Å². The third-order valence-corrected chi connectivity index (χ3v) is 3.10. The molecule has 7 heteroatoms. The minimum absolute atomic E-state index is 0.0240. The predicted molar refractivity (Wildman–Crippen MR) is 69.0 cm³/mol. The van der Waals surface area contributed by atoms with E-state index in [0.29, 0.717) is 17.5 Å². The number of hydrogen-bond acceptors (Lipinski definition) is 6. The summed E-state index contributed by atoms with van der Waals surface area (Å²) >= 11 is 0. The van der Waals surface area contributed by atoms with Crippen LogP contribution in [0, 0.1) is 17.0 Å². The van der Waals surface area contributed by atoms with Crippen LogP contribution in [-0.2, 0) is 0 Å². The molecule has 1 N–H and O–H groups in total. The highest BCUT2D eigenvalue weighted by Gasteiger charge is 2.27. The van der Waals surface area contributed by atoms with Gasteiger partial charge in [0.25, 0.3) is 0 Å². The lowest BCUT2D eigenvalue weighted by atomic mass is 10.1. The summed E-state index contributed by atoms with van der Waals surface area (Å²) in [6.07, 6.45) is 3.28. The maximum absolute atomic E-state index is 11.2. The summed E-state index contributed by atoms with van der Waals surface area (Å²) in [5.41, 5.74) is 0.427. The number of rotatable bonds is 3. The first-order valence-corrected chi connectivity index (χ1v) is 6.09. The van der Waals surface area contributed by atoms with E-state index in [9.17, 15) is 10.1 Å². The van der Waals surface area contributed by atoms with Crippen molar-refractivity contribution in [3.05, 3.63) is 15.8 Å². The van der Waals surface area contributed by atoms with Gasteiger partial charge in [-0.15, -0.1) is 0 Å². The maximum atomic E-state index is 11.2. The van der Waals surface area contributed by atoms with E-state index in [1.54, 1.807) is 14.0 Å². The summed E-state index contributed by atoms with van der Waals surface area (Å²) < 4.78 is 0. The SMILES string of the molecule is CNc1nc(C)c([N+](=O)[O-])c(N2CCCCC2)n1. The number of piperidine rings is 1. The molecule has 7 nitrogen and oxygen atoms in total. The molecule has 0 amide bonds. The summed E-state index contributed by atoms with van der Waals surface area (Å²) in [5.74, 6) is 0.871. The second-order valence-corrected chi connectivity index (χ2v) is 4.36. The molecular weight excluding hydrogens is 234 g/mol. The lowest BCUT2D eigenvalue weighted by Crippen LogP contribution is -2.31. The lowest BCUT2D eigenvalue weighted by Gasteiger charge is -2.27. The Morgan fingerprint density at radius 2 is 1.94 bits per heavy atom. The first-order chi connectivity index (χ1) is 8.63. The van der Waals surface area contributed by atoms with Crippen LogP contribution >= 0.6 is 0 Å². The van der Waals surface area contributed by atoms with Gasteiger partial charge in [-0.2, -0.15) is 4.98 Å². The Morgan fingerprint density at radius 1 is 1.28 bits per heavy atom. The molecule has 1 aromatic heterocycles. The van der Waals surface area contributed by atoms with Crippen molar-refractivity contribution in [2.24, 2.45) is 0 Å². The molecule has 1 aromatic rings. The van der Waals surface area contributed by atoms with Crippen LogP contribution in [0.1, 0.15) is 25.0 Å². The van der Waals surface area contributed by atoms with Crippen molar-refractivity contribution in [2.75, 3.05) is 30.4 Å². The van der Waals surface area contributed by atoms with Crippen LogP contribution in [0.25, 0.3) is 0 Å². The lowest BCUT2D eigenvalue weighted by molar-refractivity contribution is -0.385. The normalized spacial score (nSPS) is 15.6. The summed E-state index contributed by atoms with van der Waals surface area (Å²) in [6.45, 7) is 3.29. The summed E-state index contributed by atoms with van der Waals surface area (Å²) in [6, 6.07) is 0. The van der Waals surface area contributed by atoms with Crippen LogP contribution in [0.15, 0.2) is 0 Å². The van der Waals surface area contributed by atoms with Crippen molar-refractivity contribution in [2.45, 2.75) is 26.2 Å². The number of aromatic nitrogens is 2. The highest BCUT2D eigenvalue weighted by Crippen LogP contribution is 2.31. The molecule has 0 bridgehead atoms. The van der Waals surface area contributed by atoms with E-state index in [4.69, 9.17) is 0 Å². The zero-order valence-corrected chi connectivity index (χ0v) is 10.6. The van der Waals surface area contributed by atoms with Gasteiger partial charge in [0.05, 0.1) is 4.92 Å². The van der Waals surface area contributed by atoms with E-state index in [1.165, 1.54) is 6.42 Å². The minimum Gasteiger partial charge on any atom is -0.357 e. The number of nitrogens with zero attached hydrogens (tertiary/aromatic N) is 4. The van der Waals surface area contributed by atoms with E-state index in [2.05, 4.69) is 15.3 Å². The van der Waals surface area contributed by atoms with Crippen molar-refractivity contribution < 1.29 is 4.92 Å². The minimum atomic E-state index is -0.390. The predicted octanol–water partition coefficient (Wildman–Crippen LogP) is 1.73.